The minimum atomic E-state index is -0.488. The molecule has 0 spiro atoms. The lowest BCUT2D eigenvalue weighted by Gasteiger charge is -2.30. The highest BCUT2D eigenvalue weighted by Gasteiger charge is 2.28. The van der Waals surface area contributed by atoms with E-state index in [-0.39, 0.29) is 18.2 Å². The molecule has 0 aliphatic heterocycles. The predicted octanol–water partition coefficient (Wildman–Crippen LogP) is 3.57. The number of nitrogens with zero attached hydrogens (tertiary/aromatic N) is 1. The number of carbonyl (C=O) groups is 2. The van der Waals surface area contributed by atoms with Crippen molar-refractivity contribution in [1.29, 1.82) is 0 Å². The fourth-order valence-corrected chi connectivity index (χ4v) is 3.09. The van der Waals surface area contributed by atoms with Crippen LogP contribution in [0.3, 0.4) is 0 Å². The number of hydrogen-bond donors (Lipinski definition) is 1. The Kier molecular flexibility index (Phi) is 8.53. The van der Waals surface area contributed by atoms with E-state index in [0.717, 1.165) is 23.3 Å². The summed E-state index contributed by atoms with van der Waals surface area (Å²) in [4.78, 5) is 27.5. The van der Waals surface area contributed by atoms with Gasteiger partial charge in [0.2, 0.25) is 11.8 Å². The van der Waals surface area contributed by atoms with Crippen molar-refractivity contribution in [2.24, 2.45) is 0 Å². The SMILES string of the molecule is CCCNC(=O)[C@H](CC)N(Cc1ccccc1)C(=O)Cc1ccc(OC)cc1. The molecule has 2 rings (SSSR count). The molecule has 28 heavy (non-hydrogen) atoms. The van der Waals surface area contributed by atoms with Crippen LogP contribution in [-0.2, 0) is 22.6 Å². The molecular weight excluding hydrogens is 352 g/mol. The molecule has 0 aromatic heterocycles. The molecule has 2 amide bonds. The Labute approximate surface area is 167 Å². The minimum absolute atomic E-state index is 0.0625. The maximum Gasteiger partial charge on any atom is 0.242 e. The molecule has 5 nitrogen and oxygen atoms in total. The maximum atomic E-state index is 13.2. The van der Waals surface area contributed by atoms with Crippen LogP contribution >= 0.6 is 0 Å². The summed E-state index contributed by atoms with van der Waals surface area (Å²) in [6.07, 6.45) is 1.67. The average Bonchev–Trinajstić information content (AvgIpc) is 2.73. The van der Waals surface area contributed by atoms with Crippen LogP contribution in [0.1, 0.15) is 37.8 Å². The Hall–Kier alpha value is -2.82. The van der Waals surface area contributed by atoms with E-state index in [1.54, 1.807) is 12.0 Å². The summed E-state index contributed by atoms with van der Waals surface area (Å²) >= 11 is 0. The standard InChI is InChI=1S/C23H30N2O3/c1-4-15-24-23(27)21(5-2)25(17-19-9-7-6-8-10-19)22(26)16-18-11-13-20(28-3)14-12-18/h6-14,21H,4-5,15-17H2,1-3H3,(H,24,27)/t21-/m0/s1. The maximum absolute atomic E-state index is 13.2. The average molecular weight is 383 g/mol. The van der Waals surface area contributed by atoms with E-state index < -0.39 is 6.04 Å². The van der Waals surface area contributed by atoms with Crippen LogP contribution in [0.4, 0.5) is 0 Å². The molecule has 0 fully saturated rings. The van der Waals surface area contributed by atoms with Crippen molar-refractivity contribution < 1.29 is 14.3 Å². The summed E-state index contributed by atoms with van der Waals surface area (Å²) in [6, 6.07) is 16.7. The van der Waals surface area contributed by atoms with Gasteiger partial charge in [-0.3, -0.25) is 9.59 Å². The van der Waals surface area contributed by atoms with Crippen molar-refractivity contribution >= 4 is 11.8 Å². The fourth-order valence-electron chi connectivity index (χ4n) is 3.09. The third-order valence-corrected chi connectivity index (χ3v) is 4.65. The first-order valence-electron chi connectivity index (χ1n) is 9.83. The number of nitrogens with one attached hydrogen (secondary N) is 1. The largest absolute Gasteiger partial charge is 0.497 e. The van der Waals surface area contributed by atoms with Crippen molar-refractivity contribution in [1.82, 2.24) is 10.2 Å². The van der Waals surface area contributed by atoms with Gasteiger partial charge in [-0.2, -0.15) is 0 Å². The molecule has 0 radical (unpaired) electrons. The molecule has 1 atom stereocenters. The van der Waals surface area contributed by atoms with Gasteiger partial charge in [-0.1, -0.05) is 56.3 Å². The highest BCUT2D eigenvalue weighted by atomic mass is 16.5. The van der Waals surface area contributed by atoms with Gasteiger partial charge in [0.1, 0.15) is 11.8 Å². The Morgan fingerprint density at radius 2 is 1.68 bits per heavy atom. The molecular formula is C23H30N2O3. The Morgan fingerprint density at radius 3 is 2.25 bits per heavy atom. The van der Waals surface area contributed by atoms with Crippen LogP contribution in [-0.4, -0.2) is 36.4 Å². The molecule has 0 aliphatic carbocycles. The zero-order valence-electron chi connectivity index (χ0n) is 17.0. The Morgan fingerprint density at radius 1 is 1.00 bits per heavy atom. The molecule has 5 heteroatoms. The number of rotatable bonds is 10. The Balaban J connectivity index is 2.21. The van der Waals surface area contributed by atoms with E-state index in [2.05, 4.69) is 5.32 Å². The number of carbonyl (C=O) groups excluding carboxylic acids is 2. The summed E-state index contributed by atoms with van der Waals surface area (Å²) in [5.74, 6) is 0.596. The molecule has 1 N–H and O–H groups in total. The molecule has 0 saturated heterocycles. The van der Waals surface area contributed by atoms with E-state index in [0.29, 0.717) is 19.5 Å². The molecule has 0 bridgehead atoms. The molecule has 2 aromatic rings. The summed E-state index contributed by atoms with van der Waals surface area (Å²) in [6.45, 7) is 4.97. The van der Waals surface area contributed by atoms with Gasteiger partial charge in [-0.05, 0) is 36.1 Å². The summed E-state index contributed by atoms with van der Waals surface area (Å²) in [5.41, 5.74) is 1.90. The molecule has 0 unspecified atom stereocenters. The second kappa shape index (κ2) is 11.1. The lowest BCUT2D eigenvalue weighted by molar-refractivity contribution is -0.140. The van der Waals surface area contributed by atoms with Gasteiger partial charge in [-0.15, -0.1) is 0 Å². The number of ether oxygens (including phenoxy) is 1. The van der Waals surface area contributed by atoms with Gasteiger partial charge in [-0.25, -0.2) is 0 Å². The summed E-state index contributed by atoms with van der Waals surface area (Å²) in [5, 5.41) is 2.93. The smallest absolute Gasteiger partial charge is 0.242 e. The van der Waals surface area contributed by atoms with Crippen LogP contribution in [0.2, 0.25) is 0 Å². The highest BCUT2D eigenvalue weighted by molar-refractivity contribution is 5.88. The van der Waals surface area contributed by atoms with Gasteiger partial charge in [0.25, 0.3) is 0 Å². The van der Waals surface area contributed by atoms with E-state index in [4.69, 9.17) is 4.74 Å². The van der Waals surface area contributed by atoms with Gasteiger partial charge in [0.15, 0.2) is 0 Å². The topological polar surface area (TPSA) is 58.6 Å². The molecule has 150 valence electrons. The number of benzene rings is 2. The second-order valence-corrected chi connectivity index (χ2v) is 6.75. The van der Waals surface area contributed by atoms with Gasteiger partial charge < -0.3 is 15.0 Å². The quantitative estimate of drug-likeness (QED) is 0.683. The lowest BCUT2D eigenvalue weighted by atomic mass is 10.1. The van der Waals surface area contributed by atoms with Crippen LogP contribution in [0.5, 0.6) is 5.75 Å². The normalized spacial score (nSPS) is 11.5. The van der Waals surface area contributed by atoms with E-state index in [1.165, 1.54) is 0 Å². The molecule has 2 aromatic carbocycles. The summed E-state index contributed by atoms with van der Waals surface area (Å²) in [7, 11) is 1.61. The minimum Gasteiger partial charge on any atom is -0.497 e. The van der Waals surface area contributed by atoms with Crippen LogP contribution in [0.15, 0.2) is 54.6 Å². The van der Waals surface area contributed by atoms with Gasteiger partial charge in [0, 0.05) is 13.1 Å². The predicted molar refractivity (Wildman–Crippen MR) is 111 cm³/mol. The van der Waals surface area contributed by atoms with E-state index in [1.807, 2.05) is 68.4 Å². The van der Waals surface area contributed by atoms with Crippen molar-refractivity contribution in [3.05, 3.63) is 65.7 Å². The van der Waals surface area contributed by atoms with Crippen molar-refractivity contribution in [2.75, 3.05) is 13.7 Å². The molecule has 0 aliphatic rings. The third-order valence-electron chi connectivity index (χ3n) is 4.65. The first kappa shape index (κ1) is 21.5. The number of amides is 2. The van der Waals surface area contributed by atoms with Crippen LogP contribution in [0, 0.1) is 0 Å². The van der Waals surface area contributed by atoms with Gasteiger partial charge >= 0.3 is 0 Å². The number of hydrogen-bond acceptors (Lipinski definition) is 3. The van der Waals surface area contributed by atoms with E-state index in [9.17, 15) is 9.59 Å². The zero-order valence-corrected chi connectivity index (χ0v) is 17.0. The lowest BCUT2D eigenvalue weighted by Crippen LogP contribution is -2.49. The monoisotopic (exact) mass is 382 g/mol. The van der Waals surface area contributed by atoms with Crippen molar-refractivity contribution in [3.63, 3.8) is 0 Å². The summed E-state index contributed by atoms with van der Waals surface area (Å²) < 4.78 is 5.18. The molecule has 0 saturated carbocycles. The van der Waals surface area contributed by atoms with Crippen LogP contribution in [0.25, 0.3) is 0 Å². The zero-order chi connectivity index (χ0) is 20.4. The number of methoxy groups -OCH3 is 1. The fraction of sp³-hybridized carbons (Fsp3) is 0.391. The third kappa shape index (κ3) is 6.12. The molecule has 0 heterocycles. The second-order valence-electron chi connectivity index (χ2n) is 6.75. The highest BCUT2D eigenvalue weighted by Crippen LogP contribution is 2.16. The van der Waals surface area contributed by atoms with Crippen LogP contribution < -0.4 is 10.1 Å². The first-order chi connectivity index (χ1) is 13.6. The van der Waals surface area contributed by atoms with Gasteiger partial charge in [0.05, 0.1) is 13.5 Å². The van der Waals surface area contributed by atoms with Crippen molar-refractivity contribution in [3.8, 4) is 5.75 Å². The first-order valence-corrected chi connectivity index (χ1v) is 9.83. The van der Waals surface area contributed by atoms with Crippen molar-refractivity contribution in [2.45, 2.75) is 45.7 Å². The van der Waals surface area contributed by atoms with E-state index >= 15 is 0 Å². The Bertz CT molecular complexity index is 744.